The van der Waals surface area contributed by atoms with Crippen LogP contribution >= 0.6 is 0 Å². The summed E-state index contributed by atoms with van der Waals surface area (Å²) in [6, 6.07) is 16.7. The predicted molar refractivity (Wildman–Crippen MR) is 110 cm³/mol. The summed E-state index contributed by atoms with van der Waals surface area (Å²) in [4.78, 5) is 38.4. The van der Waals surface area contributed by atoms with Gasteiger partial charge in [-0.05, 0) is 42.7 Å². The molecule has 6 nitrogen and oxygen atoms in total. The molecule has 2 atom stereocenters. The first-order chi connectivity index (χ1) is 14.6. The summed E-state index contributed by atoms with van der Waals surface area (Å²) in [5, 5.41) is 0. The van der Waals surface area contributed by atoms with E-state index in [0.717, 1.165) is 31.2 Å². The van der Waals surface area contributed by atoms with Gasteiger partial charge in [-0.15, -0.1) is 0 Å². The van der Waals surface area contributed by atoms with E-state index in [1.807, 2.05) is 30.3 Å². The number of carbonyl (C=O) groups excluding carboxylic acids is 3. The quantitative estimate of drug-likeness (QED) is 0.397. The third-order valence-corrected chi connectivity index (χ3v) is 5.78. The van der Waals surface area contributed by atoms with E-state index in [1.165, 1.54) is 4.90 Å². The second-order valence-corrected chi connectivity index (χ2v) is 7.80. The number of fused-ring (bicyclic) bond motifs is 1. The number of nitrogens with zero attached hydrogens (tertiary/aromatic N) is 1. The molecule has 0 spiro atoms. The van der Waals surface area contributed by atoms with Crippen LogP contribution < -0.4 is 9.47 Å². The number of benzene rings is 2. The van der Waals surface area contributed by atoms with Crippen molar-refractivity contribution in [3.8, 4) is 11.5 Å². The molecule has 2 amide bonds. The molecule has 2 aliphatic rings. The molecule has 1 saturated heterocycles. The van der Waals surface area contributed by atoms with E-state index in [2.05, 4.69) is 0 Å². The van der Waals surface area contributed by atoms with Crippen molar-refractivity contribution >= 4 is 17.8 Å². The molecule has 0 aromatic heterocycles. The number of hydrogen-bond acceptors (Lipinski definition) is 5. The van der Waals surface area contributed by atoms with Gasteiger partial charge in [0.15, 0.2) is 0 Å². The summed E-state index contributed by atoms with van der Waals surface area (Å²) < 4.78 is 11.1. The highest BCUT2D eigenvalue weighted by Crippen LogP contribution is 2.38. The first-order valence-electron chi connectivity index (χ1n) is 10.4. The van der Waals surface area contributed by atoms with Crippen molar-refractivity contribution in [2.75, 3.05) is 6.54 Å². The number of amides is 2. The summed E-state index contributed by atoms with van der Waals surface area (Å²) >= 11 is 0. The molecule has 0 N–H and O–H groups in total. The Labute approximate surface area is 175 Å². The fourth-order valence-electron chi connectivity index (χ4n) is 4.18. The van der Waals surface area contributed by atoms with E-state index < -0.39 is 5.97 Å². The van der Waals surface area contributed by atoms with Gasteiger partial charge in [0.05, 0.1) is 18.3 Å². The molecular formula is C24H25NO5. The zero-order valence-electron chi connectivity index (χ0n) is 16.8. The summed E-state index contributed by atoms with van der Waals surface area (Å²) in [5.74, 6) is -0.0241. The Kier molecular flexibility index (Phi) is 6.12. The van der Waals surface area contributed by atoms with Crippen LogP contribution in [-0.2, 0) is 21.0 Å². The minimum atomic E-state index is -0.469. The van der Waals surface area contributed by atoms with Crippen LogP contribution in [-0.4, -0.2) is 29.2 Å². The molecule has 6 heteroatoms. The molecule has 2 aromatic carbocycles. The molecule has 2 unspecified atom stereocenters. The second kappa shape index (κ2) is 9.11. The second-order valence-electron chi connectivity index (χ2n) is 7.80. The van der Waals surface area contributed by atoms with E-state index in [1.54, 1.807) is 24.3 Å². The number of hydrogen-bond donors (Lipinski definition) is 0. The lowest BCUT2D eigenvalue weighted by atomic mass is 9.81. The van der Waals surface area contributed by atoms with Gasteiger partial charge in [0.1, 0.15) is 18.1 Å². The molecule has 0 radical (unpaired) electrons. The highest BCUT2D eigenvalue weighted by molar-refractivity contribution is 6.05. The van der Waals surface area contributed by atoms with Crippen LogP contribution in [0, 0.1) is 11.8 Å². The Bertz CT molecular complexity index is 885. The maximum atomic E-state index is 12.5. The van der Waals surface area contributed by atoms with Crippen molar-refractivity contribution in [2.45, 2.75) is 38.7 Å². The van der Waals surface area contributed by atoms with E-state index >= 15 is 0 Å². The van der Waals surface area contributed by atoms with Crippen molar-refractivity contribution in [3.63, 3.8) is 0 Å². The van der Waals surface area contributed by atoms with Gasteiger partial charge in [-0.2, -0.15) is 0 Å². The van der Waals surface area contributed by atoms with Gasteiger partial charge >= 0.3 is 5.97 Å². The number of ether oxygens (including phenoxy) is 2. The Morgan fingerprint density at radius 1 is 0.867 bits per heavy atom. The highest BCUT2D eigenvalue weighted by atomic mass is 16.5. The molecule has 0 bridgehead atoms. The minimum Gasteiger partial charge on any atom is -0.489 e. The molecule has 1 aliphatic carbocycles. The SMILES string of the molecule is O=C(CCN1C(=O)C2CCCCC2C1=O)Oc1ccc(OCc2ccccc2)cc1. The van der Waals surface area contributed by atoms with E-state index in [4.69, 9.17) is 9.47 Å². The normalized spacial score (nSPS) is 20.7. The monoisotopic (exact) mass is 407 g/mol. The van der Waals surface area contributed by atoms with Crippen LogP contribution in [0.1, 0.15) is 37.7 Å². The van der Waals surface area contributed by atoms with Crippen LogP contribution in [0.15, 0.2) is 54.6 Å². The fraction of sp³-hybridized carbons (Fsp3) is 0.375. The fourth-order valence-corrected chi connectivity index (χ4v) is 4.18. The summed E-state index contributed by atoms with van der Waals surface area (Å²) in [7, 11) is 0. The summed E-state index contributed by atoms with van der Waals surface area (Å²) in [6.45, 7) is 0.543. The van der Waals surface area contributed by atoms with Crippen molar-refractivity contribution in [1.82, 2.24) is 4.90 Å². The molecule has 156 valence electrons. The molecule has 2 aromatic rings. The van der Waals surface area contributed by atoms with Gasteiger partial charge in [-0.3, -0.25) is 19.3 Å². The zero-order chi connectivity index (χ0) is 20.9. The summed E-state index contributed by atoms with van der Waals surface area (Å²) in [5.41, 5.74) is 1.07. The van der Waals surface area contributed by atoms with Crippen LogP contribution in [0.4, 0.5) is 0 Å². The predicted octanol–water partition coefficient (Wildman–Crippen LogP) is 3.74. The number of esters is 1. The number of imide groups is 1. The van der Waals surface area contributed by atoms with Crippen LogP contribution in [0.5, 0.6) is 11.5 Å². The van der Waals surface area contributed by atoms with Crippen LogP contribution in [0.2, 0.25) is 0 Å². The Hall–Kier alpha value is -3.15. The van der Waals surface area contributed by atoms with Gasteiger partial charge in [0.25, 0.3) is 0 Å². The van der Waals surface area contributed by atoms with E-state index in [0.29, 0.717) is 18.1 Å². The standard InChI is InChI=1S/C24H25NO5/c26-22(14-15-25-23(27)20-8-4-5-9-21(20)24(25)28)30-19-12-10-18(11-13-19)29-16-17-6-2-1-3-7-17/h1-3,6-7,10-13,20-21H,4-5,8-9,14-16H2. The van der Waals surface area contributed by atoms with Gasteiger partial charge in [-0.1, -0.05) is 43.2 Å². The van der Waals surface area contributed by atoms with Gasteiger partial charge in [0, 0.05) is 6.54 Å². The topological polar surface area (TPSA) is 72.9 Å². The Morgan fingerprint density at radius 3 is 2.10 bits per heavy atom. The molecule has 2 fully saturated rings. The molecular weight excluding hydrogens is 382 g/mol. The van der Waals surface area contributed by atoms with Gasteiger partial charge in [0.2, 0.25) is 11.8 Å². The Morgan fingerprint density at radius 2 is 1.47 bits per heavy atom. The Balaban J connectivity index is 1.25. The van der Waals surface area contributed by atoms with E-state index in [-0.39, 0.29) is 36.6 Å². The molecule has 30 heavy (non-hydrogen) atoms. The average molecular weight is 407 g/mol. The lowest BCUT2D eigenvalue weighted by Gasteiger charge is -2.19. The molecule has 1 aliphatic heterocycles. The maximum absolute atomic E-state index is 12.5. The first-order valence-corrected chi connectivity index (χ1v) is 10.4. The number of likely N-dealkylation sites (tertiary alicyclic amines) is 1. The lowest BCUT2D eigenvalue weighted by molar-refractivity contribution is -0.141. The highest BCUT2D eigenvalue weighted by Gasteiger charge is 2.47. The van der Waals surface area contributed by atoms with Gasteiger partial charge < -0.3 is 9.47 Å². The molecule has 1 heterocycles. The smallest absolute Gasteiger partial charge is 0.312 e. The number of rotatable bonds is 7. The van der Waals surface area contributed by atoms with Gasteiger partial charge in [-0.25, -0.2) is 0 Å². The number of carbonyl (C=O) groups is 3. The van der Waals surface area contributed by atoms with Crippen LogP contribution in [0.3, 0.4) is 0 Å². The largest absolute Gasteiger partial charge is 0.489 e. The maximum Gasteiger partial charge on any atom is 0.312 e. The van der Waals surface area contributed by atoms with Crippen molar-refractivity contribution in [2.24, 2.45) is 11.8 Å². The van der Waals surface area contributed by atoms with Crippen molar-refractivity contribution in [3.05, 3.63) is 60.2 Å². The zero-order valence-corrected chi connectivity index (χ0v) is 16.8. The van der Waals surface area contributed by atoms with E-state index in [9.17, 15) is 14.4 Å². The lowest BCUT2D eigenvalue weighted by Crippen LogP contribution is -2.33. The molecule has 4 rings (SSSR count). The third-order valence-electron chi connectivity index (χ3n) is 5.78. The van der Waals surface area contributed by atoms with Crippen molar-refractivity contribution in [1.29, 1.82) is 0 Å². The first kappa shape index (κ1) is 20.1. The van der Waals surface area contributed by atoms with Crippen molar-refractivity contribution < 1.29 is 23.9 Å². The minimum absolute atomic E-state index is 0.0107. The summed E-state index contributed by atoms with van der Waals surface area (Å²) in [6.07, 6.45) is 3.51. The molecule has 1 saturated carbocycles. The van der Waals surface area contributed by atoms with Crippen LogP contribution in [0.25, 0.3) is 0 Å². The average Bonchev–Trinajstić information content (AvgIpc) is 3.02. The third kappa shape index (κ3) is 4.53.